The molecule has 2 aromatic carbocycles. The van der Waals surface area contributed by atoms with Crippen molar-refractivity contribution in [3.05, 3.63) is 65.0 Å². The van der Waals surface area contributed by atoms with Crippen molar-refractivity contribution in [2.24, 2.45) is 0 Å². The Morgan fingerprint density at radius 3 is 2.62 bits per heavy atom. The highest BCUT2D eigenvalue weighted by Crippen LogP contribution is 2.30. The second-order valence-electron chi connectivity index (χ2n) is 6.01. The van der Waals surface area contributed by atoms with Crippen LogP contribution in [-0.2, 0) is 6.18 Å². The largest absolute Gasteiger partial charge is 0.497 e. The Balaban J connectivity index is 1.57. The van der Waals surface area contributed by atoms with Gasteiger partial charge in [-0.1, -0.05) is 12.1 Å². The standard InChI is InChI=1S/C19H13F3N4O2S/c1-28-14-4-2-3-12(9-14)15-10-29-18-24-17(25-26(15)18)23-16(27)11-5-7-13(8-6-11)19(20,21)22/h2-10H,1H3,(H,23,25,27). The van der Waals surface area contributed by atoms with Crippen LogP contribution < -0.4 is 10.1 Å². The van der Waals surface area contributed by atoms with Crippen molar-refractivity contribution in [3.63, 3.8) is 0 Å². The van der Waals surface area contributed by atoms with E-state index in [0.29, 0.717) is 10.7 Å². The zero-order valence-corrected chi connectivity index (χ0v) is 15.7. The van der Waals surface area contributed by atoms with Gasteiger partial charge in [0.1, 0.15) is 5.75 Å². The third-order valence-electron chi connectivity index (χ3n) is 4.15. The normalized spacial score (nSPS) is 11.6. The number of hydrogen-bond donors (Lipinski definition) is 1. The number of aromatic nitrogens is 3. The number of carbonyl (C=O) groups is 1. The van der Waals surface area contributed by atoms with Gasteiger partial charge in [-0.3, -0.25) is 10.1 Å². The van der Waals surface area contributed by atoms with Gasteiger partial charge in [-0.15, -0.1) is 16.4 Å². The number of alkyl halides is 3. The highest BCUT2D eigenvalue weighted by molar-refractivity contribution is 7.15. The van der Waals surface area contributed by atoms with Gasteiger partial charge in [0.25, 0.3) is 11.9 Å². The molecule has 1 N–H and O–H groups in total. The molecule has 148 valence electrons. The lowest BCUT2D eigenvalue weighted by Gasteiger charge is -2.07. The molecular formula is C19H13F3N4O2S. The van der Waals surface area contributed by atoms with E-state index < -0.39 is 17.6 Å². The molecule has 4 aromatic rings. The summed E-state index contributed by atoms with van der Waals surface area (Å²) in [4.78, 5) is 17.1. The van der Waals surface area contributed by atoms with Crippen molar-refractivity contribution in [2.75, 3.05) is 12.4 Å². The molecule has 0 fully saturated rings. The summed E-state index contributed by atoms with van der Waals surface area (Å²) in [7, 11) is 1.58. The van der Waals surface area contributed by atoms with Gasteiger partial charge in [0.15, 0.2) is 0 Å². The number of carbonyl (C=O) groups excluding carboxylic acids is 1. The molecule has 0 aliphatic heterocycles. The van der Waals surface area contributed by atoms with Crippen LogP contribution in [0.5, 0.6) is 5.75 Å². The quantitative estimate of drug-likeness (QED) is 0.520. The van der Waals surface area contributed by atoms with Gasteiger partial charge in [0, 0.05) is 16.5 Å². The Bertz CT molecular complexity index is 1180. The number of halogens is 3. The molecule has 29 heavy (non-hydrogen) atoms. The molecular weight excluding hydrogens is 405 g/mol. The van der Waals surface area contributed by atoms with Crippen molar-refractivity contribution < 1.29 is 22.7 Å². The Hall–Kier alpha value is -3.40. The molecule has 1 amide bonds. The van der Waals surface area contributed by atoms with E-state index in [2.05, 4.69) is 15.4 Å². The summed E-state index contributed by atoms with van der Waals surface area (Å²) in [6, 6.07) is 11.3. The molecule has 0 aliphatic carbocycles. The number of ether oxygens (including phenoxy) is 1. The summed E-state index contributed by atoms with van der Waals surface area (Å²) < 4.78 is 44.8. The first-order valence-corrected chi connectivity index (χ1v) is 9.20. The molecule has 0 unspecified atom stereocenters. The zero-order chi connectivity index (χ0) is 20.6. The number of methoxy groups -OCH3 is 1. The number of amides is 1. The predicted octanol–water partition coefficient (Wildman–Crippen LogP) is 4.74. The Labute approximate surface area is 166 Å². The van der Waals surface area contributed by atoms with Crippen LogP contribution in [0.1, 0.15) is 15.9 Å². The fourth-order valence-corrected chi connectivity index (χ4v) is 3.53. The lowest BCUT2D eigenvalue weighted by molar-refractivity contribution is -0.137. The van der Waals surface area contributed by atoms with Crippen molar-refractivity contribution in [1.29, 1.82) is 0 Å². The maximum absolute atomic E-state index is 12.6. The molecule has 2 heterocycles. The molecule has 0 aliphatic rings. The smallest absolute Gasteiger partial charge is 0.416 e. The van der Waals surface area contributed by atoms with Crippen molar-refractivity contribution in [3.8, 4) is 17.0 Å². The second-order valence-corrected chi connectivity index (χ2v) is 6.85. The SMILES string of the molecule is COc1cccc(-c2csc3nc(NC(=O)c4ccc(C(F)(F)F)cc4)nn23)c1. The minimum absolute atomic E-state index is 0.0610. The number of fused-ring (bicyclic) bond motifs is 1. The van der Waals surface area contributed by atoms with E-state index in [-0.39, 0.29) is 11.5 Å². The van der Waals surface area contributed by atoms with E-state index in [1.807, 2.05) is 29.6 Å². The first-order chi connectivity index (χ1) is 13.8. The number of anilines is 1. The lowest BCUT2D eigenvalue weighted by atomic mass is 10.1. The van der Waals surface area contributed by atoms with Crippen LogP contribution >= 0.6 is 11.3 Å². The summed E-state index contributed by atoms with van der Waals surface area (Å²) in [5.41, 5.74) is 0.884. The summed E-state index contributed by atoms with van der Waals surface area (Å²) in [5.74, 6) is 0.156. The van der Waals surface area contributed by atoms with Crippen LogP contribution in [0.2, 0.25) is 0 Å². The molecule has 2 aromatic heterocycles. The molecule has 10 heteroatoms. The van der Waals surface area contributed by atoms with Gasteiger partial charge in [0.2, 0.25) is 4.96 Å². The molecule has 4 rings (SSSR count). The molecule has 0 radical (unpaired) electrons. The van der Waals surface area contributed by atoms with E-state index >= 15 is 0 Å². The third kappa shape index (κ3) is 3.79. The summed E-state index contributed by atoms with van der Waals surface area (Å²) in [5, 5.41) is 8.68. The molecule has 6 nitrogen and oxygen atoms in total. The number of nitrogens with zero attached hydrogens (tertiary/aromatic N) is 3. The van der Waals surface area contributed by atoms with Crippen molar-refractivity contribution >= 4 is 28.2 Å². The molecule has 0 saturated carbocycles. The fraction of sp³-hybridized carbons (Fsp3) is 0.105. The second kappa shape index (κ2) is 7.21. The van der Waals surface area contributed by atoms with E-state index in [1.165, 1.54) is 11.3 Å². The first-order valence-electron chi connectivity index (χ1n) is 8.32. The average Bonchev–Trinajstić information content (AvgIpc) is 3.27. The van der Waals surface area contributed by atoms with Crippen molar-refractivity contribution in [2.45, 2.75) is 6.18 Å². The van der Waals surface area contributed by atoms with Crippen molar-refractivity contribution in [1.82, 2.24) is 14.6 Å². The average molecular weight is 418 g/mol. The van der Waals surface area contributed by atoms with Crippen LogP contribution in [0.3, 0.4) is 0 Å². The van der Waals surface area contributed by atoms with Crippen LogP contribution in [0.25, 0.3) is 16.2 Å². The maximum Gasteiger partial charge on any atom is 0.416 e. The van der Waals surface area contributed by atoms with Crippen LogP contribution in [-0.4, -0.2) is 27.6 Å². The first kappa shape index (κ1) is 18.9. The minimum Gasteiger partial charge on any atom is -0.497 e. The lowest BCUT2D eigenvalue weighted by Crippen LogP contribution is -2.14. The number of hydrogen-bond acceptors (Lipinski definition) is 5. The Kier molecular flexibility index (Phi) is 4.71. The summed E-state index contributed by atoms with van der Waals surface area (Å²) >= 11 is 1.34. The van der Waals surface area contributed by atoms with Gasteiger partial charge in [-0.25, -0.2) is 4.52 Å². The van der Waals surface area contributed by atoms with Crippen LogP contribution in [0.4, 0.5) is 19.1 Å². The van der Waals surface area contributed by atoms with Gasteiger partial charge >= 0.3 is 6.18 Å². The van der Waals surface area contributed by atoms with Crippen LogP contribution in [0, 0.1) is 0 Å². The Morgan fingerprint density at radius 2 is 1.93 bits per heavy atom. The van der Waals surface area contributed by atoms with E-state index in [9.17, 15) is 18.0 Å². The molecule has 0 spiro atoms. The van der Waals surface area contributed by atoms with Gasteiger partial charge in [-0.05, 0) is 36.4 Å². The third-order valence-corrected chi connectivity index (χ3v) is 4.96. The van der Waals surface area contributed by atoms with Gasteiger partial charge < -0.3 is 4.74 Å². The topological polar surface area (TPSA) is 68.5 Å². The summed E-state index contributed by atoms with van der Waals surface area (Å²) in [6.45, 7) is 0. The zero-order valence-electron chi connectivity index (χ0n) is 14.9. The monoisotopic (exact) mass is 418 g/mol. The Morgan fingerprint density at radius 1 is 1.17 bits per heavy atom. The number of benzene rings is 2. The van der Waals surface area contributed by atoms with Gasteiger partial charge in [0.05, 0.1) is 18.4 Å². The number of nitrogens with one attached hydrogen (secondary N) is 1. The number of rotatable bonds is 4. The fourth-order valence-electron chi connectivity index (χ4n) is 2.70. The van der Waals surface area contributed by atoms with Gasteiger partial charge in [-0.2, -0.15) is 18.2 Å². The molecule has 0 saturated heterocycles. The number of thiazole rings is 1. The molecule has 0 bridgehead atoms. The molecule has 0 atom stereocenters. The van der Waals surface area contributed by atoms with Crippen LogP contribution in [0.15, 0.2) is 53.9 Å². The minimum atomic E-state index is -4.46. The highest BCUT2D eigenvalue weighted by Gasteiger charge is 2.30. The predicted molar refractivity (Wildman–Crippen MR) is 102 cm³/mol. The van der Waals surface area contributed by atoms with E-state index in [4.69, 9.17) is 4.74 Å². The van der Waals surface area contributed by atoms with E-state index in [1.54, 1.807) is 11.6 Å². The summed E-state index contributed by atoms with van der Waals surface area (Å²) in [6.07, 6.45) is -4.46. The highest BCUT2D eigenvalue weighted by atomic mass is 32.1. The van der Waals surface area contributed by atoms with E-state index in [0.717, 1.165) is 35.5 Å². The maximum atomic E-state index is 12.6.